The Bertz CT molecular complexity index is 405. The average molecular weight is 232 g/mol. The third kappa shape index (κ3) is 3.47. The largest absolute Gasteiger partial charge is 0.367 e. The Balaban J connectivity index is 2.48. The van der Waals surface area contributed by atoms with E-state index in [0.717, 1.165) is 0 Å². The highest BCUT2D eigenvalue weighted by Crippen LogP contribution is 2.10. The van der Waals surface area contributed by atoms with Crippen molar-refractivity contribution >= 4 is 23.4 Å². The summed E-state index contributed by atoms with van der Waals surface area (Å²) in [5.74, 6) is 0.270. The fourth-order valence-corrected chi connectivity index (χ4v) is 1.04. The van der Waals surface area contributed by atoms with Crippen molar-refractivity contribution in [2.45, 2.75) is 0 Å². The summed E-state index contributed by atoms with van der Waals surface area (Å²) >= 11 is 5.65. The molecule has 0 aromatic carbocycles. The fourth-order valence-electron chi connectivity index (χ4n) is 0.873. The van der Waals surface area contributed by atoms with Crippen LogP contribution in [0.15, 0.2) is 11.1 Å². The molecular weight excluding hydrogens is 222 g/mol. The highest BCUT2D eigenvalue weighted by atomic mass is 35.5. The zero-order valence-corrected chi connectivity index (χ0v) is 8.47. The number of halogens is 1. The Morgan fingerprint density at radius 3 is 3.00 bits per heavy atom. The van der Waals surface area contributed by atoms with Gasteiger partial charge in [0.1, 0.15) is 5.02 Å². The van der Waals surface area contributed by atoms with Gasteiger partial charge in [-0.25, -0.2) is 9.78 Å². The van der Waals surface area contributed by atoms with Crippen LogP contribution in [0.4, 0.5) is 10.6 Å². The molecule has 1 rings (SSSR count). The van der Waals surface area contributed by atoms with Crippen molar-refractivity contribution in [3.05, 3.63) is 21.7 Å². The predicted molar refractivity (Wildman–Crippen MR) is 55.9 cm³/mol. The maximum absolute atomic E-state index is 11.0. The average Bonchev–Trinajstić information content (AvgIpc) is 2.18. The number of urea groups is 1. The van der Waals surface area contributed by atoms with Crippen LogP contribution in [0.25, 0.3) is 0 Å². The summed E-state index contributed by atoms with van der Waals surface area (Å²) < 4.78 is 0. The lowest BCUT2D eigenvalue weighted by Crippen LogP contribution is -2.33. The van der Waals surface area contributed by atoms with Crippen molar-refractivity contribution in [1.29, 1.82) is 0 Å². The van der Waals surface area contributed by atoms with E-state index in [1.54, 1.807) is 0 Å². The number of aromatic amines is 1. The van der Waals surface area contributed by atoms with Gasteiger partial charge in [-0.05, 0) is 0 Å². The smallest absolute Gasteiger partial charge is 0.312 e. The molecule has 15 heavy (non-hydrogen) atoms. The maximum Gasteiger partial charge on any atom is 0.312 e. The number of nitrogens with one attached hydrogen (secondary N) is 3. The van der Waals surface area contributed by atoms with Crippen LogP contribution in [0.3, 0.4) is 0 Å². The van der Waals surface area contributed by atoms with Gasteiger partial charge in [0.15, 0.2) is 5.82 Å². The molecular formula is C7H10ClN5O2. The van der Waals surface area contributed by atoms with Crippen molar-refractivity contribution in [2.24, 2.45) is 5.73 Å². The first kappa shape index (κ1) is 11.3. The number of H-pyrrole nitrogens is 1. The number of carbonyl (C=O) groups excluding carboxylic acids is 1. The topological polar surface area (TPSA) is 113 Å². The van der Waals surface area contributed by atoms with Crippen LogP contribution in [0.5, 0.6) is 0 Å². The van der Waals surface area contributed by atoms with Crippen LogP contribution in [0.2, 0.25) is 5.02 Å². The minimum absolute atomic E-state index is 0.0171. The van der Waals surface area contributed by atoms with E-state index in [1.165, 1.54) is 6.33 Å². The Kier molecular flexibility index (Phi) is 3.92. The summed E-state index contributed by atoms with van der Waals surface area (Å²) in [6.45, 7) is 0.694. The van der Waals surface area contributed by atoms with Crippen molar-refractivity contribution in [3.63, 3.8) is 0 Å². The SMILES string of the molecule is NC(=O)NCCNc1nc[nH]c(=O)c1Cl. The van der Waals surface area contributed by atoms with E-state index in [4.69, 9.17) is 17.3 Å². The van der Waals surface area contributed by atoms with E-state index >= 15 is 0 Å². The van der Waals surface area contributed by atoms with Crippen LogP contribution in [-0.2, 0) is 0 Å². The zero-order valence-electron chi connectivity index (χ0n) is 7.71. The molecule has 0 atom stereocenters. The molecule has 1 aromatic heterocycles. The van der Waals surface area contributed by atoms with Crippen LogP contribution >= 0.6 is 11.6 Å². The molecule has 2 amide bonds. The van der Waals surface area contributed by atoms with Gasteiger partial charge in [-0.2, -0.15) is 0 Å². The molecule has 0 aliphatic rings. The molecule has 0 saturated carbocycles. The van der Waals surface area contributed by atoms with Crippen LogP contribution in [0.1, 0.15) is 0 Å². The summed E-state index contributed by atoms with van der Waals surface area (Å²) in [6.07, 6.45) is 1.23. The molecule has 0 saturated heterocycles. The minimum atomic E-state index is -0.609. The highest BCUT2D eigenvalue weighted by Gasteiger charge is 2.04. The number of primary amides is 1. The number of aromatic nitrogens is 2. The lowest BCUT2D eigenvalue weighted by molar-refractivity contribution is 0.249. The number of amides is 2. The number of anilines is 1. The van der Waals surface area contributed by atoms with Crippen LogP contribution in [0, 0.1) is 0 Å². The van der Waals surface area contributed by atoms with Crippen LogP contribution < -0.4 is 21.9 Å². The van der Waals surface area contributed by atoms with Gasteiger partial charge in [-0.1, -0.05) is 11.6 Å². The van der Waals surface area contributed by atoms with E-state index in [9.17, 15) is 9.59 Å². The Morgan fingerprint density at radius 2 is 2.33 bits per heavy atom. The third-order valence-corrected chi connectivity index (χ3v) is 1.86. The summed E-state index contributed by atoms with van der Waals surface area (Å²) in [5, 5.41) is 5.13. The second kappa shape index (κ2) is 5.20. The van der Waals surface area contributed by atoms with Gasteiger partial charge >= 0.3 is 6.03 Å². The van der Waals surface area contributed by atoms with E-state index in [-0.39, 0.29) is 10.8 Å². The second-order valence-corrected chi connectivity index (χ2v) is 2.99. The van der Waals surface area contributed by atoms with E-state index in [0.29, 0.717) is 13.1 Å². The van der Waals surface area contributed by atoms with Crippen molar-refractivity contribution in [2.75, 3.05) is 18.4 Å². The molecule has 7 nitrogen and oxygen atoms in total. The van der Waals surface area contributed by atoms with Crippen molar-refractivity contribution < 1.29 is 4.79 Å². The minimum Gasteiger partial charge on any atom is -0.367 e. The molecule has 0 radical (unpaired) electrons. The number of hydrogen-bond acceptors (Lipinski definition) is 4. The third-order valence-electron chi connectivity index (χ3n) is 1.51. The second-order valence-electron chi connectivity index (χ2n) is 2.61. The predicted octanol–water partition coefficient (Wildman–Crippen LogP) is -0.497. The lowest BCUT2D eigenvalue weighted by atomic mass is 10.5. The molecule has 0 aliphatic carbocycles. The quantitative estimate of drug-likeness (QED) is 0.524. The molecule has 1 aromatic rings. The zero-order chi connectivity index (χ0) is 11.3. The summed E-state index contributed by atoms with van der Waals surface area (Å²) in [7, 11) is 0. The molecule has 5 N–H and O–H groups in total. The standard InChI is InChI=1S/C7H10ClN5O2/c8-4-5(12-3-13-6(4)14)10-1-2-11-7(9)15/h3H,1-2H2,(H3,9,11,15)(H2,10,12,13,14). The Hall–Kier alpha value is -1.76. The molecule has 82 valence electrons. The van der Waals surface area contributed by atoms with E-state index in [2.05, 4.69) is 20.6 Å². The Morgan fingerprint density at radius 1 is 1.60 bits per heavy atom. The fraction of sp³-hybridized carbons (Fsp3) is 0.286. The molecule has 0 unspecified atom stereocenters. The normalized spacial score (nSPS) is 9.67. The van der Waals surface area contributed by atoms with Crippen molar-refractivity contribution in [1.82, 2.24) is 15.3 Å². The molecule has 8 heteroatoms. The lowest BCUT2D eigenvalue weighted by Gasteiger charge is -2.06. The summed E-state index contributed by atoms with van der Waals surface area (Å²) in [5.41, 5.74) is 4.43. The molecule has 0 fully saturated rings. The van der Waals surface area contributed by atoms with Gasteiger partial charge < -0.3 is 21.4 Å². The van der Waals surface area contributed by atoms with Gasteiger partial charge in [0.25, 0.3) is 5.56 Å². The van der Waals surface area contributed by atoms with Gasteiger partial charge in [-0.3, -0.25) is 4.79 Å². The van der Waals surface area contributed by atoms with Crippen LogP contribution in [-0.4, -0.2) is 29.1 Å². The first-order chi connectivity index (χ1) is 7.11. The van der Waals surface area contributed by atoms with Gasteiger partial charge in [-0.15, -0.1) is 0 Å². The molecule has 0 spiro atoms. The van der Waals surface area contributed by atoms with Gasteiger partial charge in [0.2, 0.25) is 0 Å². The molecule has 0 bridgehead atoms. The highest BCUT2D eigenvalue weighted by molar-refractivity contribution is 6.32. The number of rotatable bonds is 4. The first-order valence-electron chi connectivity index (χ1n) is 4.11. The maximum atomic E-state index is 11.0. The van der Waals surface area contributed by atoms with Crippen molar-refractivity contribution in [3.8, 4) is 0 Å². The number of hydrogen-bond donors (Lipinski definition) is 4. The first-order valence-corrected chi connectivity index (χ1v) is 4.49. The van der Waals surface area contributed by atoms with Gasteiger partial charge in [0.05, 0.1) is 6.33 Å². The number of carbonyl (C=O) groups is 1. The number of nitrogens with zero attached hydrogens (tertiary/aromatic N) is 1. The Labute approximate surface area is 90.0 Å². The van der Waals surface area contributed by atoms with E-state index in [1.807, 2.05) is 0 Å². The summed E-state index contributed by atoms with van der Waals surface area (Å²) in [4.78, 5) is 27.5. The summed E-state index contributed by atoms with van der Waals surface area (Å²) in [6, 6.07) is -0.609. The van der Waals surface area contributed by atoms with E-state index < -0.39 is 11.6 Å². The molecule has 1 heterocycles. The monoisotopic (exact) mass is 231 g/mol. The molecule has 0 aliphatic heterocycles. The van der Waals surface area contributed by atoms with Gasteiger partial charge in [0, 0.05) is 13.1 Å². The number of nitrogens with two attached hydrogens (primary N) is 1.